The second-order valence-electron chi connectivity index (χ2n) is 8.47. The molecule has 2 N–H and O–H groups in total. The molecule has 1 amide bonds. The van der Waals surface area contributed by atoms with Crippen molar-refractivity contribution in [1.29, 1.82) is 0 Å². The van der Waals surface area contributed by atoms with E-state index in [2.05, 4.69) is 17.0 Å². The minimum absolute atomic E-state index is 0.00259. The van der Waals surface area contributed by atoms with E-state index in [-0.39, 0.29) is 30.4 Å². The summed E-state index contributed by atoms with van der Waals surface area (Å²) in [6.45, 7) is 8.61. The zero-order valence-corrected chi connectivity index (χ0v) is 18.4. The Bertz CT molecular complexity index is 863. The number of ether oxygens (including phenoxy) is 2. The van der Waals surface area contributed by atoms with Crippen molar-refractivity contribution in [1.82, 2.24) is 15.1 Å². The Morgan fingerprint density at radius 1 is 1.29 bits per heavy atom. The number of aliphatic hydroxyl groups is 1. The van der Waals surface area contributed by atoms with Gasteiger partial charge in [-0.25, -0.2) is 4.68 Å². The quantitative estimate of drug-likeness (QED) is 0.558. The first kappa shape index (κ1) is 22.9. The van der Waals surface area contributed by atoms with Gasteiger partial charge in [0.1, 0.15) is 18.0 Å². The number of carbonyl (C=O) groups excluding carboxylic acids is 1. The van der Waals surface area contributed by atoms with Crippen LogP contribution in [-0.4, -0.2) is 39.5 Å². The fourth-order valence-electron chi connectivity index (χ4n) is 3.65. The maximum absolute atomic E-state index is 12.8. The van der Waals surface area contributed by atoms with Crippen LogP contribution in [0.4, 0.5) is 0 Å². The molecule has 1 aromatic heterocycles. The van der Waals surface area contributed by atoms with Crippen molar-refractivity contribution in [2.75, 3.05) is 6.61 Å². The Morgan fingerprint density at radius 3 is 2.74 bits per heavy atom. The Labute approximate surface area is 184 Å². The van der Waals surface area contributed by atoms with Gasteiger partial charge >= 0.3 is 0 Å². The third-order valence-electron chi connectivity index (χ3n) is 5.25. The molecule has 2 aromatic rings. The van der Waals surface area contributed by atoms with Crippen molar-refractivity contribution in [3.05, 3.63) is 54.2 Å². The first-order valence-electron chi connectivity index (χ1n) is 11.0. The molecule has 1 saturated carbocycles. The number of rotatable bonds is 10. The van der Waals surface area contributed by atoms with E-state index in [0.29, 0.717) is 30.7 Å². The zero-order valence-electron chi connectivity index (χ0n) is 18.4. The van der Waals surface area contributed by atoms with Crippen molar-refractivity contribution >= 4 is 11.7 Å². The first-order chi connectivity index (χ1) is 14.9. The molecule has 1 aliphatic rings. The summed E-state index contributed by atoms with van der Waals surface area (Å²) in [5, 5.41) is 17.1. The normalized spacial score (nSPS) is 18.7. The Kier molecular flexibility index (Phi) is 8.12. The van der Waals surface area contributed by atoms with Gasteiger partial charge in [-0.15, -0.1) is 0 Å². The van der Waals surface area contributed by atoms with E-state index in [4.69, 9.17) is 9.47 Å². The highest BCUT2D eigenvalue weighted by Crippen LogP contribution is 2.23. The number of amides is 1. The lowest BCUT2D eigenvalue weighted by atomic mass is 9.92. The van der Waals surface area contributed by atoms with Crippen molar-refractivity contribution in [2.45, 2.75) is 64.8 Å². The number of nitrogens with zero attached hydrogens (tertiary/aromatic N) is 2. The highest BCUT2D eigenvalue weighted by Gasteiger charge is 2.27. The van der Waals surface area contributed by atoms with Gasteiger partial charge in [0.2, 0.25) is 11.8 Å². The maximum Gasteiger partial charge on any atom is 0.242 e. The molecule has 1 aromatic carbocycles. The van der Waals surface area contributed by atoms with Gasteiger partial charge in [0, 0.05) is 6.07 Å². The van der Waals surface area contributed by atoms with E-state index >= 15 is 0 Å². The number of benzene rings is 1. The van der Waals surface area contributed by atoms with Gasteiger partial charge in [-0.2, -0.15) is 5.10 Å². The lowest BCUT2D eigenvalue weighted by Gasteiger charge is -2.32. The summed E-state index contributed by atoms with van der Waals surface area (Å²) >= 11 is 0. The standard InChI is InChI=1S/C24H33N3O4/c1-17(2)15-31-24-13-21(18(3)28)26-27(24)14-23(29)25-20-11-7-8-12-22(20)30-16-19-9-5-4-6-10-19/h4-6,9-10,13,17,20,22,28H,3,7-8,11-12,14-16H2,1-2H3,(H,25,29)/t20-,22-/m0/s1. The predicted octanol–water partition coefficient (Wildman–Crippen LogP) is 4.09. The number of nitrogens with one attached hydrogen (secondary N) is 1. The molecule has 1 heterocycles. The molecule has 0 saturated heterocycles. The Morgan fingerprint density at radius 2 is 2.03 bits per heavy atom. The number of aliphatic hydroxyl groups excluding tert-OH is 1. The maximum atomic E-state index is 12.8. The van der Waals surface area contributed by atoms with Crippen molar-refractivity contribution in [3.8, 4) is 5.88 Å². The summed E-state index contributed by atoms with van der Waals surface area (Å²) in [4.78, 5) is 12.8. The van der Waals surface area contributed by atoms with Crippen LogP contribution in [0, 0.1) is 5.92 Å². The van der Waals surface area contributed by atoms with Crippen LogP contribution in [0.3, 0.4) is 0 Å². The summed E-state index contributed by atoms with van der Waals surface area (Å²) in [5.41, 5.74) is 1.42. The highest BCUT2D eigenvalue weighted by atomic mass is 16.5. The molecule has 1 aliphatic carbocycles. The van der Waals surface area contributed by atoms with Gasteiger partial charge in [-0.1, -0.05) is 63.6 Å². The zero-order chi connectivity index (χ0) is 22.2. The molecule has 0 unspecified atom stereocenters. The van der Waals surface area contributed by atoms with Gasteiger partial charge in [-0.05, 0) is 24.3 Å². The third-order valence-corrected chi connectivity index (χ3v) is 5.25. The predicted molar refractivity (Wildman–Crippen MR) is 120 cm³/mol. The number of carbonyl (C=O) groups is 1. The fraction of sp³-hybridized carbons (Fsp3) is 0.500. The molecule has 31 heavy (non-hydrogen) atoms. The van der Waals surface area contributed by atoms with Crippen LogP contribution in [-0.2, 0) is 22.7 Å². The molecular formula is C24H33N3O4. The van der Waals surface area contributed by atoms with Gasteiger partial charge in [-0.3, -0.25) is 4.79 Å². The fourth-order valence-corrected chi connectivity index (χ4v) is 3.65. The molecule has 2 atom stereocenters. The minimum atomic E-state index is -0.159. The largest absolute Gasteiger partial charge is 0.506 e. The Hall–Kier alpha value is -2.80. The van der Waals surface area contributed by atoms with E-state index < -0.39 is 0 Å². The topological polar surface area (TPSA) is 85.6 Å². The molecule has 0 bridgehead atoms. The van der Waals surface area contributed by atoms with E-state index in [1.807, 2.05) is 44.2 Å². The SMILES string of the molecule is C=C(O)c1cc(OCC(C)C)n(CC(=O)N[C@H]2CCCC[C@@H]2OCc2ccccc2)n1. The molecule has 7 nitrogen and oxygen atoms in total. The summed E-state index contributed by atoms with van der Waals surface area (Å²) < 4.78 is 13.4. The molecule has 0 radical (unpaired) electrons. The molecule has 7 heteroatoms. The van der Waals surface area contributed by atoms with Crippen LogP contribution in [0.1, 0.15) is 50.8 Å². The minimum Gasteiger partial charge on any atom is -0.506 e. The van der Waals surface area contributed by atoms with E-state index in [1.54, 1.807) is 6.07 Å². The molecule has 1 fully saturated rings. The van der Waals surface area contributed by atoms with Gasteiger partial charge in [0.15, 0.2) is 0 Å². The van der Waals surface area contributed by atoms with Crippen LogP contribution >= 0.6 is 0 Å². The second-order valence-corrected chi connectivity index (χ2v) is 8.47. The molecule has 0 spiro atoms. The summed E-state index contributed by atoms with van der Waals surface area (Å²) in [7, 11) is 0. The van der Waals surface area contributed by atoms with Crippen LogP contribution in [0.2, 0.25) is 0 Å². The molecule has 0 aliphatic heterocycles. The summed E-state index contributed by atoms with van der Waals surface area (Å²) in [5.74, 6) is 0.445. The van der Waals surface area contributed by atoms with E-state index in [0.717, 1.165) is 31.2 Å². The monoisotopic (exact) mass is 427 g/mol. The average molecular weight is 428 g/mol. The molecular weight excluding hydrogens is 394 g/mol. The van der Waals surface area contributed by atoms with Crippen molar-refractivity contribution in [2.24, 2.45) is 5.92 Å². The third kappa shape index (κ3) is 6.85. The van der Waals surface area contributed by atoms with Crippen LogP contribution in [0.5, 0.6) is 5.88 Å². The van der Waals surface area contributed by atoms with Gasteiger partial charge in [0.25, 0.3) is 0 Å². The van der Waals surface area contributed by atoms with Gasteiger partial charge < -0.3 is 19.9 Å². The average Bonchev–Trinajstić information content (AvgIpc) is 3.15. The second kappa shape index (κ2) is 11.0. The van der Waals surface area contributed by atoms with E-state index in [1.165, 1.54) is 4.68 Å². The highest BCUT2D eigenvalue weighted by molar-refractivity contribution is 5.76. The molecule has 3 rings (SSSR count). The van der Waals surface area contributed by atoms with E-state index in [9.17, 15) is 9.90 Å². The molecule has 168 valence electrons. The van der Waals surface area contributed by atoms with Crippen molar-refractivity contribution < 1.29 is 19.4 Å². The smallest absolute Gasteiger partial charge is 0.242 e. The van der Waals surface area contributed by atoms with Crippen LogP contribution in [0.25, 0.3) is 5.76 Å². The summed E-state index contributed by atoms with van der Waals surface area (Å²) in [6.07, 6.45) is 3.96. The lowest BCUT2D eigenvalue weighted by molar-refractivity contribution is -0.124. The summed E-state index contributed by atoms with van der Waals surface area (Å²) in [6, 6.07) is 11.6. The van der Waals surface area contributed by atoms with Crippen LogP contribution in [0.15, 0.2) is 43.0 Å². The number of aromatic nitrogens is 2. The number of hydrogen-bond donors (Lipinski definition) is 2. The first-order valence-corrected chi connectivity index (χ1v) is 11.0. The number of hydrogen-bond acceptors (Lipinski definition) is 5. The van der Waals surface area contributed by atoms with Gasteiger partial charge in [0.05, 0.1) is 25.4 Å². The van der Waals surface area contributed by atoms with Crippen molar-refractivity contribution in [3.63, 3.8) is 0 Å². The van der Waals surface area contributed by atoms with Crippen LogP contribution < -0.4 is 10.1 Å². The Balaban J connectivity index is 1.61. The lowest BCUT2D eigenvalue weighted by Crippen LogP contribution is -2.47.